The molecule has 8 aliphatic rings. The van der Waals surface area contributed by atoms with E-state index in [1.807, 2.05) is 30.3 Å². The summed E-state index contributed by atoms with van der Waals surface area (Å²) in [6.07, 6.45) is 23.9. The predicted octanol–water partition coefficient (Wildman–Crippen LogP) is 13.3. The SMILES string of the molecule is CC1=[C-]C(C)(C)c2cc3c(cc21)-c1cc2c(cc1C3)C(C)(C)C=C2C.CC1=[C-]C(C)C=C1CC12CC3CC(CC(C3)C1)C2.[CH2]=[Zr].[CH3-].[c-]1ccccc1. The van der Waals surface area contributed by atoms with E-state index in [0.717, 1.165) is 24.2 Å². The Bertz CT molecular complexity index is 1790. The second-order valence-electron chi connectivity index (χ2n) is 18.1. The van der Waals surface area contributed by atoms with Gasteiger partial charge in [0.25, 0.3) is 0 Å². The van der Waals surface area contributed by atoms with Crippen molar-refractivity contribution >= 4 is 15.4 Å². The monoisotopic (exact) mass is 762 g/mol. The van der Waals surface area contributed by atoms with Crippen LogP contribution in [0.25, 0.3) is 22.3 Å². The van der Waals surface area contributed by atoms with E-state index in [1.165, 1.54) is 91.9 Å². The molecule has 0 N–H and O–H groups in total. The van der Waals surface area contributed by atoms with E-state index < -0.39 is 0 Å². The molecule has 0 nitrogen and oxygen atoms in total. The summed E-state index contributed by atoms with van der Waals surface area (Å²) in [6.45, 7) is 18.2. The summed E-state index contributed by atoms with van der Waals surface area (Å²) in [5, 5.41) is 0. The Balaban J connectivity index is 0.000000150. The number of benzene rings is 3. The molecule has 0 heterocycles. The second kappa shape index (κ2) is 14.9. The molecule has 1 unspecified atom stereocenters. The van der Waals surface area contributed by atoms with Crippen molar-refractivity contribution in [1.82, 2.24) is 0 Å². The van der Waals surface area contributed by atoms with Gasteiger partial charge < -0.3 is 7.43 Å². The molecule has 4 saturated carbocycles. The molecule has 3 aromatic rings. The molecule has 4 bridgehead atoms. The van der Waals surface area contributed by atoms with Crippen LogP contribution in [0.2, 0.25) is 0 Å². The van der Waals surface area contributed by atoms with Crippen molar-refractivity contribution in [2.24, 2.45) is 29.1 Å². The van der Waals surface area contributed by atoms with Crippen molar-refractivity contribution in [3.05, 3.63) is 137 Å². The van der Waals surface area contributed by atoms with E-state index in [2.05, 4.69) is 114 Å². The van der Waals surface area contributed by atoms with Gasteiger partial charge in [0.15, 0.2) is 0 Å². The topological polar surface area (TPSA) is 0 Å². The van der Waals surface area contributed by atoms with E-state index >= 15 is 0 Å². The fourth-order valence-corrected chi connectivity index (χ4v) is 11.6. The summed E-state index contributed by atoms with van der Waals surface area (Å²) >= 11 is 1.30. The van der Waals surface area contributed by atoms with Gasteiger partial charge >= 0.3 is 28.4 Å². The van der Waals surface area contributed by atoms with E-state index in [0.29, 0.717) is 11.3 Å². The van der Waals surface area contributed by atoms with E-state index in [4.69, 9.17) is 0 Å². The molecule has 0 radical (unpaired) electrons. The molecule has 1 atom stereocenters. The van der Waals surface area contributed by atoms with Gasteiger partial charge in [0.1, 0.15) is 0 Å². The average Bonchev–Trinajstić information content (AvgIpc) is 3.74. The van der Waals surface area contributed by atoms with Crippen molar-refractivity contribution in [2.75, 3.05) is 0 Å². The maximum Gasteiger partial charge on any atom is -0.171 e. The molecular weight excluding hydrogens is 704 g/mol. The fourth-order valence-electron chi connectivity index (χ4n) is 11.6. The normalized spacial score (nSPS) is 28.0. The molecule has 0 saturated heterocycles. The molecule has 0 amide bonds. The summed E-state index contributed by atoms with van der Waals surface area (Å²) in [5.41, 5.74) is 18.3. The van der Waals surface area contributed by atoms with E-state index in [1.54, 1.807) is 44.1 Å². The Morgan fingerprint density at radius 2 is 1.29 bits per heavy atom. The third kappa shape index (κ3) is 7.39. The van der Waals surface area contributed by atoms with Gasteiger partial charge in [-0.05, 0) is 120 Å². The molecule has 11 rings (SSSR count). The van der Waals surface area contributed by atoms with Gasteiger partial charge in [-0.3, -0.25) is 12.2 Å². The Morgan fingerprint density at radius 1 is 0.731 bits per heavy atom. The van der Waals surface area contributed by atoms with Crippen LogP contribution in [0.1, 0.15) is 134 Å². The van der Waals surface area contributed by atoms with Gasteiger partial charge in [-0.1, -0.05) is 84.4 Å². The van der Waals surface area contributed by atoms with Gasteiger partial charge in [0.05, 0.1) is 0 Å². The van der Waals surface area contributed by atoms with Crippen molar-refractivity contribution < 1.29 is 24.2 Å². The van der Waals surface area contributed by atoms with Crippen molar-refractivity contribution in [3.8, 4) is 11.1 Å². The first-order valence-electron chi connectivity index (χ1n) is 19.5. The zero-order valence-corrected chi connectivity index (χ0v) is 36.0. The van der Waals surface area contributed by atoms with Gasteiger partial charge in [-0.25, -0.2) is 11.1 Å². The number of hydrogen-bond acceptors (Lipinski definition) is 0. The minimum Gasteiger partial charge on any atom is -0.358 e. The maximum absolute atomic E-state index is 3.65. The first-order chi connectivity index (χ1) is 24.3. The molecule has 0 aliphatic heterocycles. The Hall–Kier alpha value is -2.63. The second-order valence-corrected chi connectivity index (χ2v) is 18.1. The van der Waals surface area contributed by atoms with Gasteiger partial charge in [0.2, 0.25) is 0 Å². The van der Waals surface area contributed by atoms with E-state index in [9.17, 15) is 0 Å². The molecule has 0 spiro atoms. The number of fused-ring (bicyclic) bond motifs is 5. The van der Waals surface area contributed by atoms with Crippen LogP contribution in [0.15, 0.2) is 77.9 Å². The standard InChI is InChI=1S/C25H25.C18H25.C6H5.CH3.CH2.Zr/c1-14-12-24(3,4)22-8-16-7-17-9-23-19(15(2)13-25(23,5)6)11-21(17)20(16)10-18(14)22;1-12-3-13(2)17(4-12)11-18-8-14-5-15(9-18)7-16(6-14)10-18;1-2-4-6-5-3-1;;;/h8-12H,7H2,1-6H3;4,12,14-16H,5-11H2,1-2H3;1-5H;1H3;1H2;/q4*-1;;. The molecule has 3 aromatic carbocycles. The van der Waals surface area contributed by atoms with Gasteiger partial charge in [-0.2, -0.15) is 53.6 Å². The van der Waals surface area contributed by atoms with Crippen LogP contribution in [0.3, 0.4) is 0 Å². The molecule has 0 aromatic heterocycles. The van der Waals surface area contributed by atoms with Crippen LogP contribution in [0.5, 0.6) is 0 Å². The Labute approximate surface area is 332 Å². The Morgan fingerprint density at radius 3 is 1.79 bits per heavy atom. The first-order valence-corrected chi connectivity index (χ1v) is 21.3. The van der Waals surface area contributed by atoms with Crippen LogP contribution < -0.4 is 0 Å². The average molecular weight is 764 g/mol. The van der Waals surface area contributed by atoms with Crippen molar-refractivity contribution in [1.29, 1.82) is 0 Å². The predicted molar refractivity (Wildman–Crippen MR) is 220 cm³/mol. The summed E-state index contributed by atoms with van der Waals surface area (Å²) in [7, 11) is 0. The summed E-state index contributed by atoms with van der Waals surface area (Å²) in [5.74, 6) is 3.82. The quantitative estimate of drug-likeness (QED) is 0.178. The van der Waals surface area contributed by atoms with Crippen molar-refractivity contribution in [3.63, 3.8) is 0 Å². The smallest absolute Gasteiger partial charge is 0.171 e. The molecular formula is C51H60Zr-4. The van der Waals surface area contributed by atoms with Crippen LogP contribution in [0.4, 0.5) is 0 Å². The minimum atomic E-state index is 0. The molecule has 4 fully saturated rings. The van der Waals surface area contributed by atoms with Crippen LogP contribution >= 0.6 is 0 Å². The first kappa shape index (κ1) is 39.1. The van der Waals surface area contributed by atoms with Crippen molar-refractivity contribution in [2.45, 2.75) is 118 Å². The summed E-state index contributed by atoms with van der Waals surface area (Å²) in [6, 6.07) is 22.3. The van der Waals surface area contributed by atoms with Gasteiger partial charge in [-0.15, -0.1) is 11.6 Å². The summed E-state index contributed by atoms with van der Waals surface area (Å²) < 4.78 is 3.34. The third-order valence-electron chi connectivity index (χ3n) is 13.1. The fraction of sp³-hybridized carbons (Fsp3) is 0.451. The molecule has 272 valence electrons. The number of allylic oxidation sites excluding steroid dienone is 8. The third-order valence-corrected chi connectivity index (χ3v) is 13.1. The zero-order chi connectivity index (χ0) is 36.3. The maximum atomic E-state index is 3.65. The zero-order valence-electron chi connectivity index (χ0n) is 33.5. The number of hydrogen-bond donors (Lipinski definition) is 0. The van der Waals surface area contributed by atoms with Crippen LogP contribution in [0, 0.1) is 54.7 Å². The molecule has 8 aliphatic carbocycles. The Kier molecular flexibility index (Phi) is 11.2. The van der Waals surface area contributed by atoms with E-state index in [-0.39, 0.29) is 18.3 Å². The molecule has 1 heteroatoms. The number of rotatable bonds is 2. The van der Waals surface area contributed by atoms with Crippen LogP contribution in [-0.4, -0.2) is 4.21 Å². The minimum absolute atomic E-state index is 0. The molecule has 52 heavy (non-hydrogen) atoms. The van der Waals surface area contributed by atoms with Crippen LogP contribution in [-0.2, 0) is 41.5 Å². The van der Waals surface area contributed by atoms with Gasteiger partial charge in [0, 0.05) is 5.41 Å². The summed E-state index contributed by atoms with van der Waals surface area (Å²) in [4.78, 5) is 0. The largest absolute Gasteiger partial charge is 0.358 e.